The SMILES string of the molecule is Cc1ccc(N2C(=O)[C@@H]3[C@@H]4C=C[C@](CO)(O4)[C@@H]3C2=O)c(C)c1. The number of benzene rings is 1. The molecule has 5 nitrogen and oxygen atoms in total. The van der Waals surface area contributed by atoms with Crippen molar-refractivity contribution in [1.29, 1.82) is 0 Å². The van der Waals surface area contributed by atoms with Crippen molar-refractivity contribution >= 4 is 17.5 Å². The van der Waals surface area contributed by atoms with E-state index in [0.29, 0.717) is 5.69 Å². The minimum Gasteiger partial charge on any atom is -0.393 e. The van der Waals surface area contributed by atoms with Crippen LogP contribution >= 0.6 is 0 Å². The van der Waals surface area contributed by atoms with Crippen molar-refractivity contribution in [2.45, 2.75) is 25.6 Å². The Morgan fingerprint density at radius 1 is 1.27 bits per heavy atom. The third kappa shape index (κ3) is 1.50. The maximum atomic E-state index is 12.9. The molecule has 114 valence electrons. The summed E-state index contributed by atoms with van der Waals surface area (Å²) in [4.78, 5) is 26.9. The first kappa shape index (κ1) is 13.7. The Bertz CT molecular complexity index is 725. The third-order valence-corrected chi connectivity index (χ3v) is 5.00. The van der Waals surface area contributed by atoms with E-state index in [4.69, 9.17) is 4.74 Å². The van der Waals surface area contributed by atoms with Crippen LogP contribution in [0, 0.1) is 25.7 Å². The second-order valence-corrected chi connectivity index (χ2v) is 6.36. The normalized spacial score (nSPS) is 35.6. The summed E-state index contributed by atoms with van der Waals surface area (Å²) in [5.41, 5.74) is 1.57. The Balaban J connectivity index is 1.79. The summed E-state index contributed by atoms with van der Waals surface area (Å²) in [6.07, 6.45) is 3.10. The van der Waals surface area contributed by atoms with Crippen molar-refractivity contribution < 1.29 is 19.4 Å². The molecule has 2 fully saturated rings. The van der Waals surface area contributed by atoms with Gasteiger partial charge in [-0.15, -0.1) is 0 Å². The Morgan fingerprint density at radius 2 is 2.05 bits per heavy atom. The largest absolute Gasteiger partial charge is 0.393 e. The van der Waals surface area contributed by atoms with Crippen LogP contribution in [0.3, 0.4) is 0 Å². The van der Waals surface area contributed by atoms with Crippen LogP contribution in [-0.2, 0) is 14.3 Å². The Morgan fingerprint density at radius 3 is 2.73 bits per heavy atom. The summed E-state index contributed by atoms with van der Waals surface area (Å²) < 4.78 is 5.72. The molecule has 2 saturated heterocycles. The number of anilines is 1. The van der Waals surface area contributed by atoms with E-state index in [-0.39, 0.29) is 18.4 Å². The predicted octanol–water partition coefficient (Wildman–Crippen LogP) is 1.11. The number of aryl methyl sites for hydroxylation is 2. The number of rotatable bonds is 2. The van der Waals surface area contributed by atoms with Gasteiger partial charge in [-0.05, 0) is 25.5 Å². The maximum absolute atomic E-state index is 12.9. The van der Waals surface area contributed by atoms with Gasteiger partial charge in [-0.2, -0.15) is 0 Å². The number of amides is 2. The van der Waals surface area contributed by atoms with Crippen molar-refractivity contribution in [2.75, 3.05) is 11.5 Å². The second kappa shape index (κ2) is 4.27. The predicted molar refractivity (Wildman–Crippen MR) is 79.2 cm³/mol. The zero-order chi connectivity index (χ0) is 15.6. The second-order valence-electron chi connectivity index (χ2n) is 6.36. The van der Waals surface area contributed by atoms with Gasteiger partial charge in [0.1, 0.15) is 5.60 Å². The molecule has 5 heteroatoms. The molecule has 0 aliphatic carbocycles. The van der Waals surface area contributed by atoms with Crippen LogP contribution in [-0.4, -0.2) is 35.2 Å². The molecule has 1 N–H and O–H groups in total. The highest BCUT2D eigenvalue weighted by atomic mass is 16.5. The topological polar surface area (TPSA) is 66.8 Å². The minimum atomic E-state index is -1.03. The van der Waals surface area contributed by atoms with Gasteiger partial charge >= 0.3 is 0 Å². The number of hydrogen-bond acceptors (Lipinski definition) is 4. The lowest BCUT2D eigenvalue weighted by atomic mass is 9.77. The molecule has 1 aromatic carbocycles. The number of carbonyl (C=O) groups is 2. The minimum absolute atomic E-state index is 0.230. The fraction of sp³-hybridized carbons (Fsp3) is 0.412. The van der Waals surface area contributed by atoms with Crippen LogP contribution in [0.15, 0.2) is 30.4 Å². The molecule has 2 amide bonds. The maximum Gasteiger partial charge on any atom is 0.241 e. The molecule has 2 bridgehead atoms. The number of nitrogens with zero attached hydrogens (tertiary/aromatic N) is 1. The number of carbonyl (C=O) groups excluding carboxylic acids is 2. The Kier molecular flexibility index (Phi) is 2.65. The van der Waals surface area contributed by atoms with Gasteiger partial charge < -0.3 is 9.84 Å². The molecule has 0 unspecified atom stereocenters. The molecule has 3 aliphatic rings. The molecule has 4 atom stereocenters. The molecule has 0 saturated carbocycles. The fourth-order valence-corrected chi connectivity index (χ4v) is 3.98. The van der Waals surface area contributed by atoms with Crippen molar-refractivity contribution in [3.63, 3.8) is 0 Å². The zero-order valence-corrected chi connectivity index (χ0v) is 12.4. The van der Waals surface area contributed by atoms with Crippen LogP contribution in [0.2, 0.25) is 0 Å². The van der Waals surface area contributed by atoms with E-state index in [1.807, 2.05) is 32.0 Å². The summed E-state index contributed by atoms with van der Waals surface area (Å²) in [6, 6.07) is 5.65. The Hall–Kier alpha value is -1.98. The lowest BCUT2D eigenvalue weighted by molar-refractivity contribution is -0.128. The lowest BCUT2D eigenvalue weighted by Gasteiger charge is -2.26. The average molecular weight is 299 g/mol. The molecule has 4 rings (SSSR count). The summed E-state index contributed by atoms with van der Waals surface area (Å²) in [7, 11) is 0. The van der Waals surface area contributed by atoms with Gasteiger partial charge in [0, 0.05) is 0 Å². The van der Waals surface area contributed by atoms with E-state index in [9.17, 15) is 14.7 Å². The van der Waals surface area contributed by atoms with Gasteiger partial charge in [-0.3, -0.25) is 9.59 Å². The van der Waals surface area contributed by atoms with Crippen molar-refractivity contribution in [3.05, 3.63) is 41.5 Å². The van der Waals surface area contributed by atoms with Gasteiger partial charge in [0.2, 0.25) is 11.8 Å². The van der Waals surface area contributed by atoms with Crippen LogP contribution in [0.1, 0.15) is 11.1 Å². The summed E-state index contributed by atoms with van der Waals surface area (Å²) in [6.45, 7) is 3.57. The molecular formula is C17H17NO4. The molecule has 0 radical (unpaired) electrons. The number of fused-ring (bicyclic) bond motifs is 5. The number of hydrogen-bond donors (Lipinski definition) is 1. The first-order valence-corrected chi connectivity index (χ1v) is 7.41. The standard InChI is InChI=1S/C17H17NO4/c1-9-3-4-11(10(2)7-9)18-15(20)13-12-5-6-17(8-19,22-12)14(13)16(18)21/h3-7,12-14,19H,8H2,1-2H3/t12-,13+,14-,17+/m0/s1. The van der Waals surface area contributed by atoms with Gasteiger partial charge in [0.15, 0.2) is 0 Å². The monoisotopic (exact) mass is 299 g/mol. The van der Waals surface area contributed by atoms with Gasteiger partial charge in [-0.1, -0.05) is 29.8 Å². The van der Waals surface area contributed by atoms with Gasteiger partial charge in [-0.25, -0.2) is 4.90 Å². The van der Waals surface area contributed by atoms with E-state index in [2.05, 4.69) is 0 Å². The highest BCUT2D eigenvalue weighted by molar-refractivity contribution is 6.23. The number of aliphatic hydroxyl groups is 1. The molecular weight excluding hydrogens is 282 g/mol. The molecule has 1 aromatic rings. The first-order chi connectivity index (χ1) is 10.5. The molecule has 0 aromatic heterocycles. The van der Waals surface area contributed by atoms with E-state index in [1.165, 1.54) is 4.90 Å². The first-order valence-electron chi connectivity index (χ1n) is 7.41. The number of ether oxygens (including phenoxy) is 1. The quantitative estimate of drug-likeness (QED) is 0.656. The fourth-order valence-electron chi connectivity index (χ4n) is 3.98. The molecule has 3 heterocycles. The van der Waals surface area contributed by atoms with E-state index in [0.717, 1.165) is 11.1 Å². The zero-order valence-electron chi connectivity index (χ0n) is 12.4. The van der Waals surface area contributed by atoms with Gasteiger partial charge in [0.05, 0.1) is 30.2 Å². The van der Waals surface area contributed by atoms with E-state index in [1.54, 1.807) is 12.2 Å². The van der Waals surface area contributed by atoms with Crippen LogP contribution in [0.4, 0.5) is 5.69 Å². The lowest BCUT2D eigenvalue weighted by Crippen LogP contribution is -2.43. The summed E-state index contributed by atoms with van der Waals surface area (Å²) in [5, 5.41) is 9.68. The average Bonchev–Trinajstić information content (AvgIpc) is 3.12. The summed E-state index contributed by atoms with van der Waals surface area (Å²) >= 11 is 0. The molecule has 22 heavy (non-hydrogen) atoms. The smallest absolute Gasteiger partial charge is 0.241 e. The van der Waals surface area contributed by atoms with Crippen molar-refractivity contribution in [2.24, 2.45) is 11.8 Å². The highest BCUT2D eigenvalue weighted by Crippen LogP contribution is 2.52. The van der Waals surface area contributed by atoms with Crippen LogP contribution < -0.4 is 4.90 Å². The highest BCUT2D eigenvalue weighted by Gasteiger charge is 2.67. The van der Waals surface area contributed by atoms with Crippen LogP contribution in [0.5, 0.6) is 0 Å². The van der Waals surface area contributed by atoms with E-state index >= 15 is 0 Å². The molecule has 3 aliphatic heterocycles. The van der Waals surface area contributed by atoms with Crippen LogP contribution in [0.25, 0.3) is 0 Å². The Labute approximate surface area is 128 Å². The summed E-state index contributed by atoms with van der Waals surface area (Å²) in [5.74, 6) is -1.65. The number of aliphatic hydroxyl groups excluding tert-OH is 1. The van der Waals surface area contributed by atoms with Crippen molar-refractivity contribution in [1.82, 2.24) is 0 Å². The van der Waals surface area contributed by atoms with Gasteiger partial charge in [0.25, 0.3) is 0 Å². The van der Waals surface area contributed by atoms with Crippen molar-refractivity contribution in [3.8, 4) is 0 Å². The number of imide groups is 1. The third-order valence-electron chi connectivity index (χ3n) is 5.00. The van der Waals surface area contributed by atoms with E-state index < -0.39 is 23.5 Å². The molecule has 0 spiro atoms.